The van der Waals surface area contributed by atoms with E-state index in [9.17, 15) is 23.2 Å². The predicted molar refractivity (Wildman–Crippen MR) is 180 cm³/mol. The summed E-state index contributed by atoms with van der Waals surface area (Å²) in [6.07, 6.45) is -2.63. The van der Waals surface area contributed by atoms with E-state index in [4.69, 9.17) is 26.3 Å². The summed E-state index contributed by atoms with van der Waals surface area (Å²) < 4.78 is 67.3. The monoisotopic (exact) mass is 699 g/mol. The van der Waals surface area contributed by atoms with Crippen molar-refractivity contribution in [3.05, 3.63) is 52.6 Å². The highest BCUT2D eigenvalue weighted by atomic mass is 35.5. The van der Waals surface area contributed by atoms with Crippen LogP contribution in [0.1, 0.15) is 57.2 Å². The molecule has 2 saturated heterocycles. The lowest BCUT2D eigenvalue weighted by Gasteiger charge is -2.43. The van der Waals surface area contributed by atoms with Crippen molar-refractivity contribution in [3.8, 4) is 17.2 Å². The molecule has 2 aliphatic rings. The highest BCUT2D eigenvalue weighted by Gasteiger charge is 2.39. The van der Waals surface area contributed by atoms with E-state index in [0.29, 0.717) is 54.7 Å². The largest absolute Gasteiger partial charge is 0.444 e. The first-order valence-corrected chi connectivity index (χ1v) is 16.5. The second-order valence-corrected chi connectivity index (χ2v) is 14.5. The fraction of sp³-hybridized carbons (Fsp3) is 0.486. The number of alkyl halides is 3. The van der Waals surface area contributed by atoms with Gasteiger partial charge in [-0.25, -0.2) is 19.2 Å². The van der Waals surface area contributed by atoms with Crippen molar-refractivity contribution < 1.29 is 27.1 Å². The molecule has 4 aromatic rings. The molecule has 4 heterocycles. The summed E-state index contributed by atoms with van der Waals surface area (Å²) in [6.45, 7) is 8.18. The van der Waals surface area contributed by atoms with Crippen molar-refractivity contribution in [2.24, 2.45) is 0 Å². The van der Waals surface area contributed by atoms with Crippen LogP contribution in [-0.2, 0) is 10.9 Å². The van der Waals surface area contributed by atoms with Gasteiger partial charge >= 0.3 is 12.3 Å². The number of hydrogen-bond donors (Lipinski definition) is 0. The van der Waals surface area contributed by atoms with Crippen LogP contribution in [0.15, 0.2) is 30.6 Å². The van der Waals surface area contributed by atoms with Gasteiger partial charge in [0.2, 0.25) is 0 Å². The zero-order valence-electron chi connectivity index (χ0n) is 28.2. The summed E-state index contributed by atoms with van der Waals surface area (Å²) in [5, 5.41) is 9.76. The molecule has 0 aliphatic carbocycles. The van der Waals surface area contributed by atoms with Crippen molar-refractivity contribution in [1.82, 2.24) is 24.3 Å². The van der Waals surface area contributed by atoms with Gasteiger partial charge in [-0.3, -0.25) is 0 Å². The van der Waals surface area contributed by atoms with Crippen molar-refractivity contribution >= 4 is 45.4 Å². The number of nitriles is 1. The second-order valence-electron chi connectivity index (χ2n) is 14.1. The Morgan fingerprint density at radius 2 is 1.90 bits per heavy atom. The van der Waals surface area contributed by atoms with Gasteiger partial charge < -0.3 is 24.0 Å². The van der Waals surface area contributed by atoms with E-state index in [1.807, 2.05) is 23.6 Å². The topological polar surface area (TPSA) is 90.5 Å². The molecule has 6 rings (SSSR count). The third-order valence-electron chi connectivity index (χ3n) is 9.42. The normalized spacial score (nSPS) is 19.1. The second kappa shape index (κ2) is 12.6. The first-order chi connectivity index (χ1) is 23.0. The van der Waals surface area contributed by atoms with E-state index >= 15 is 4.39 Å². The molecule has 1 amide bonds. The Labute approximate surface area is 287 Å². The number of amides is 1. The lowest BCUT2D eigenvalue weighted by Crippen LogP contribution is -2.57. The van der Waals surface area contributed by atoms with Gasteiger partial charge in [0.15, 0.2) is 11.6 Å². The molecular formula is C35H38ClF4N7O2. The maximum absolute atomic E-state index is 16.9. The number of halogens is 5. The molecule has 0 saturated carbocycles. The number of carbonyl (C=O) groups is 1. The summed E-state index contributed by atoms with van der Waals surface area (Å²) in [5.41, 5.74) is -1.54. The lowest BCUT2D eigenvalue weighted by atomic mass is 9.93. The Morgan fingerprint density at radius 3 is 2.53 bits per heavy atom. The van der Waals surface area contributed by atoms with Gasteiger partial charge in [0, 0.05) is 48.7 Å². The number of aryl methyl sites for hydroxylation is 1. The summed E-state index contributed by atoms with van der Waals surface area (Å²) in [7, 11) is 3.94. The van der Waals surface area contributed by atoms with Gasteiger partial charge in [-0.15, -0.1) is 0 Å². The molecule has 0 bridgehead atoms. The molecule has 0 unspecified atom stereocenters. The van der Waals surface area contributed by atoms with Crippen LogP contribution in [0, 0.1) is 24.1 Å². The van der Waals surface area contributed by atoms with Crippen LogP contribution in [0.2, 0.25) is 5.02 Å². The van der Waals surface area contributed by atoms with Crippen molar-refractivity contribution in [2.75, 3.05) is 38.6 Å². The van der Waals surface area contributed by atoms with Gasteiger partial charge in [-0.1, -0.05) is 29.8 Å². The number of benzene rings is 2. The first kappa shape index (κ1) is 34.7. The number of hydrogen-bond acceptors (Lipinski definition) is 7. The van der Waals surface area contributed by atoms with Gasteiger partial charge in [0.25, 0.3) is 0 Å². The van der Waals surface area contributed by atoms with Gasteiger partial charge in [0.1, 0.15) is 16.6 Å². The van der Waals surface area contributed by atoms with Gasteiger partial charge in [-0.05, 0) is 71.8 Å². The number of anilines is 1. The van der Waals surface area contributed by atoms with E-state index in [2.05, 4.69) is 11.0 Å². The highest BCUT2D eigenvalue weighted by molar-refractivity contribution is 6.35. The minimum atomic E-state index is -4.75. The molecule has 9 nitrogen and oxygen atoms in total. The lowest BCUT2D eigenvalue weighted by molar-refractivity contribution is -0.137. The SMILES string of the molecule is Cc1cccc(-c2c(Cl)cc3c(nc(N4CC(N(C)C)C4)c4ncn([C@H]5CCN(C(=O)OC(C)(C)C)[C@H](CC#N)C5)c43)c2F)c1C(F)(F)F. The number of likely N-dealkylation sites (N-methyl/N-ethyl adjacent to an activating group) is 1. The molecule has 260 valence electrons. The van der Waals surface area contributed by atoms with Crippen LogP contribution in [-0.4, -0.2) is 81.8 Å². The van der Waals surface area contributed by atoms with Crippen LogP contribution in [0.4, 0.5) is 28.2 Å². The smallest absolute Gasteiger partial charge is 0.417 e. The predicted octanol–water partition coefficient (Wildman–Crippen LogP) is 7.98. The highest BCUT2D eigenvalue weighted by Crippen LogP contribution is 2.46. The average molecular weight is 700 g/mol. The number of piperidine rings is 1. The number of imidazole rings is 1. The van der Waals surface area contributed by atoms with Crippen molar-refractivity contribution in [3.63, 3.8) is 0 Å². The molecule has 2 aliphatic heterocycles. The zero-order valence-corrected chi connectivity index (χ0v) is 29.0. The fourth-order valence-electron chi connectivity index (χ4n) is 6.94. The molecule has 2 fully saturated rings. The van der Waals surface area contributed by atoms with Gasteiger partial charge in [0.05, 0.1) is 34.9 Å². The molecule has 0 N–H and O–H groups in total. The van der Waals surface area contributed by atoms with Crippen molar-refractivity contribution in [1.29, 1.82) is 5.26 Å². The third kappa shape index (κ3) is 6.36. The summed E-state index contributed by atoms with van der Waals surface area (Å²) in [4.78, 5) is 28.2. The number of pyridine rings is 1. The van der Waals surface area contributed by atoms with Crippen LogP contribution in [0.3, 0.4) is 0 Å². The maximum Gasteiger partial charge on any atom is 0.417 e. The summed E-state index contributed by atoms with van der Waals surface area (Å²) in [6, 6.07) is 7.18. The Balaban J connectivity index is 1.52. The zero-order chi connectivity index (χ0) is 35.6. The molecule has 2 atom stereocenters. The molecule has 14 heteroatoms. The van der Waals surface area contributed by atoms with Crippen LogP contribution < -0.4 is 4.90 Å². The van der Waals surface area contributed by atoms with E-state index in [-0.39, 0.29) is 45.7 Å². The Bertz CT molecular complexity index is 1980. The van der Waals surface area contributed by atoms with E-state index in [1.54, 1.807) is 32.0 Å². The number of fused-ring (bicyclic) bond motifs is 3. The fourth-order valence-corrected chi connectivity index (χ4v) is 7.24. The standard InChI is InChI=1S/C35H38ClF4N7O2/c1-19-8-7-9-23(27(19)35(38,39)40)26-25(36)15-24-29(28(26)37)43-32(45-16-22(17-45)44(5)6)30-31(24)47(18-42-30)21-11-13-46(20(14-21)10-12-41)33(48)49-34(2,3)4/h7-9,15,18,20-22H,10-11,13-14,16-17H2,1-6H3/t20-,21+/m1/s1. The maximum atomic E-state index is 16.9. The number of aromatic nitrogens is 3. The summed E-state index contributed by atoms with van der Waals surface area (Å²) in [5.74, 6) is -0.534. The van der Waals surface area contributed by atoms with E-state index in [1.165, 1.54) is 31.2 Å². The third-order valence-corrected chi connectivity index (χ3v) is 9.72. The van der Waals surface area contributed by atoms with E-state index in [0.717, 1.165) is 0 Å². The minimum absolute atomic E-state index is 0.0531. The Hall–Kier alpha value is -4.15. The van der Waals surface area contributed by atoms with Crippen LogP contribution in [0.25, 0.3) is 33.1 Å². The summed E-state index contributed by atoms with van der Waals surface area (Å²) >= 11 is 6.71. The quantitative estimate of drug-likeness (QED) is 0.195. The van der Waals surface area contributed by atoms with Crippen LogP contribution in [0.5, 0.6) is 0 Å². The number of nitrogens with zero attached hydrogens (tertiary/aromatic N) is 7. The number of rotatable bonds is 5. The Kier molecular flexibility index (Phi) is 8.94. The van der Waals surface area contributed by atoms with Crippen molar-refractivity contribution in [2.45, 2.75) is 76.9 Å². The number of carbonyl (C=O) groups excluding carboxylic acids is 1. The molecule has 2 aromatic carbocycles. The molecule has 0 spiro atoms. The molecule has 49 heavy (non-hydrogen) atoms. The molecule has 0 radical (unpaired) electrons. The van der Waals surface area contributed by atoms with E-state index < -0.39 is 35.3 Å². The molecular weight excluding hydrogens is 662 g/mol. The number of ether oxygens (including phenoxy) is 1. The van der Waals surface area contributed by atoms with Crippen LogP contribution >= 0.6 is 11.6 Å². The Morgan fingerprint density at radius 1 is 1.18 bits per heavy atom. The van der Waals surface area contributed by atoms with Gasteiger partial charge in [-0.2, -0.15) is 18.4 Å². The number of likely N-dealkylation sites (tertiary alicyclic amines) is 1. The molecule has 2 aromatic heterocycles. The minimum Gasteiger partial charge on any atom is -0.444 e. The average Bonchev–Trinajstić information content (AvgIpc) is 3.41. The first-order valence-electron chi connectivity index (χ1n) is 16.1.